The van der Waals surface area contributed by atoms with Crippen LogP contribution in [-0.2, 0) is 4.79 Å². The zero-order valence-corrected chi connectivity index (χ0v) is 21.4. The van der Waals surface area contributed by atoms with Crippen LogP contribution in [0.4, 0.5) is 5.69 Å². The predicted molar refractivity (Wildman–Crippen MR) is 143 cm³/mol. The van der Waals surface area contributed by atoms with Crippen molar-refractivity contribution in [2.24, 2.45) is 5.41 Å². The Bertz CT molecular complexity index is 1150. The SMILES string of the molecule is CC1=C(/C=C/C(C)=C/C=C/C(C)=C/C(=O)Nc2ccc(Cl)cc2)C(C)(C)CCC1n1ccnc1. The van der Waals surface area contributed by atoms with Gasteiger partial charge in [-0.05, 0) is 80.0 Å². The van der Waals surface area contributed by atoms with E-state index in [1.165, 1.54) is 11.1 Å². The van der Waals surface area contributed by atoms with E-state index in [1.54, 1.807) is 30.3 Å². The van der Waals surface area contributed by atoms with E-state index in [-0.39, 0.29) is 11.3 Å². The van der Waals surface area contributed by atoms with E-state index in [9.17, 15) is 4.79 Å². The highest BCUT2D eigenvalue weighted by molar-refractivity contribution is 6.30. The maximum atomic E-state index is 12.2. The summed E-state index contributed by atoms with van der Waals surface area (Å²) in [6, 6.07) is 7.42. The third-order valence-corrected chi connectivity index (χ3v) is 6.53. The Morgan fingerprint density at radius 3 is 2.59 bits per heavy atom. The van der Waals surface area contributed by atoms with Gasteiger partial charge in [-0.2, -0.15) is 0 Å². The summed E-state index contributed by atoms with van der Waals surface area (Å²) in [7, 11) is 0. The number of benzene rings is 1. The van der Waals surface area contributed by atoms with Crippen LogP contribution in [-0.4, -0.2) is 15.5 Å². The average Bonchev–Trinajstić information content (AvgIpc) is 3.29. The number of hydrogen-bond acceptors (Lipinski definition) is 2. The van der Waals surface area contributed by atoms with E-state index < -0.39 is 0 Å². The van der Waals surface area contributed by atoms with Crippen molar-refractivity contribution in [2.75, 3.05) is 5.32 Å². The molecule has 0 bridgehead atoms. The molecule has 5 heteroatoms. The minimum atomic E-state index is -0.167. The second kappa shape index (κ2) is 11.3. The molecule has 0 spiro atoms. The molecule has 1 atom stereocenters. The number of nitrogens with zero attached hydrogens (tertiary/aromatic N) is 2. The molecule has 1 aromatic carbocycles. The average molecular weight is 476 g/mol. The molecule has 1 unspecified atom stereocenters. The lowest BCUT2D eigenvalue weighted by atomic mass is 9.71. The number of halogens is 1. The molecule has 4 nitrogen and oxygen atoms in total. The van der Waals surface area contributed by atoms with Gasteiger partial charge >= 0.3 is 0 Å². The van der Waals surface area contributed by atoms with Crippen molar-refractivity contribution in [1.29, 1.82) is 0 Å². The minimum absolute atomic E-state index is 0.143. The van der Waals surface area contributed by atoms with Crippen molar-refractivity contribution in [2.45, 2.75) is 53.5 Å². The molecule has 34 heavy (non-hydrogen) atoms. The molecule has 1 aliphatic rings. The summed E-state index contributed by atoms with van der Waals surface area (Å²) >= 11 is 5.88. The molecule has 0 saturated carbocycles. The van der Waals surface area contributed by atoms with Gasteiger partial charge in [-0.15, -0.1) is 0 Å². The topological polar surface area (TPSA) is 46.9 Å². The van der Waals surface area contributed by atoms with E-state index in [4.69, 9.17) is 11.6 Å². The molecule has 1 heterocycles. The van der Waals surface area contributed by atoms with Crippen molar-refractivity contribution in [3.63, 3.8) is 0 Å². The highest BCUT2D eigenvalue weighted by Crippen LogP contribution is 2.45. The Morgan fingerprint density at radius 2 is 1.91 bits per heavy atom. The fourth-order valence-electron chi connectivity index (χ4n) is 4.33. The smallest absolute Gasteiger partial charge is 0.248 e. The first-order valence-corrected chi connectivity index (χ1v) is 12.0. The summed E-state index contributed by atoms with van der Waals surface area (Å²) in [4.78, 5) is 16.4. The Labute approximate surface area is 208 Å². The van der Waals surface area contributed by atoms with Gasteiger partial charge in [0.25, 0.3) is 0 Å². The lowest BCUT2D eigenvalue weighted by molar-refractivity contribution is -0.111. The number of carbonyl (C=O) groups is 1. The van der Waals surface area contributed by atoms with Crippen LogP contribution in [0.15, 0.2) is 102 Å². The van der Waals surface area contributed by atoms with Crippen LogP contribution in [0.1, 0.15) is 53.5 Å². The quantitative estimate of drug-likeness (QED) is 0.327. The zero-order chi connectivity index (χ0) is 24.7. The summed E-state index contributed by atoms with van der Waals surface area (Å²) in [5.41, 5.74) is 5.67. The first-order chi connectivity index (χ1) is 16.2. The number of anilines is 1. The van der Waals surface area contributed by atoms with Gasteiger partial charge < -0.3 is 9.88 Å². The van der Waals surface area contributed by atoms with Crippen LogP contribution >= 0.6 is 11.6 Å². The second-order valence-electron chi connectivity index (χ2n) is 9.53. The molecule has 1 amide bonds. The van der Waals surface area contributed by atoms with Gasteiger partial charge in [0.1, 0.15) is 0 Å². The number of allylic oxidation sites excluding steroid dienone is 9. The van der Waals surface area contributed by atoms with Gasteiger partial charge in [0.15, 0.2) is 0 Å². The molecule has 0 radical (unpaired) electrons. The van der Waals surface area contributed by atoms with Gasteiger partial charge in [-0.25, -0.2) is 4.98 Å². The van der Waals surface area contributed by atoms with Gasteiger partial charge in [0.2, 0.25) is 5.91 Å². The molecule has 0 saturated heterocycles. The molecule has 1 N–H and O–H groups in total. The van der Waals surface area contributed by atoms with Crippen LogP contribution in [0.3, 0.4) is 0 Å². The largest absolute Gasteiger partial charge is 0.330 e. The first kappa shape index (κ1) is 25.5. The summed E-state index contributed by atoms with van der Waals surface area (Å²) in [5, 5.41) is 3.48. The molecule has 0 fully saturated rings. The van der Waals surface area contributed by atoms with Crippen LogP contribution < -0.4 is 5.32 Å². The monoisotopic (exact) mass is 475 g/mol. The number of rotatable bonds is 7. The normalized spacial score (nSPS) is 19.3. The van der Waals surface area contributed by atoms with E-state index in [0.717, 1.165) is 24.0 Å². The standard InChI is InChI=1S/C29H34ClN3O/c1-21(7-6-8-22(2)19-28(34)32-25-12-10-24(30)11-13-25)9-14-26-23(3)27(15-16-29(26,4)5)33-18-17-31-20-33/h6-14,17-20,27H,15-16H2,1-5H3,(H,32,34)/b8-6+,14-9+,21-7+,22-19+. The zero-order valence-electron chi connectivity index (χ0n) is 20.7. The van der Waals surface area contributed by atoms with E-state index >= 15 is 0 Å². The summed E-state index contributed by atoms with van der Waals surface area (Å²) in [6.07, 6.45) is 20.1. The van der Waals surface area contributed by atoms with Gasteiger partial charge in [0.05, 0.1) is 12.4 Å². The van der Waals surface area contributed by atoms with Gasteiger partial charge in [0, 0.05) is 29.2 Å². The van der Waals surface area contributed by atoms with Crippen molar-refractivity contribution < 1.29 is 4.79 Å². The third-order valence-electron chi connectivity index (χ3n) is 6.28. The number of hydrogen-bond donors (Lipinski definition) is 1. The number of amides is 1. The second-order valence-corrected chi connectivity index (χ2v) is 9.97. The van der Waals surface area contributed by atoms with E-state index in [2.05, 4.69) is 67.0 Å². The number of nitrogens with one attached hydrogen (secondary N) is 1. The number of carbonyl (C=O) groups excluding carboxylic acids is 1. The lowest BCUT2D eigenvalue weighted by Gasteiger charge is -2.37. The lowest BCUT2D eigenvalue weighted by Crippen LogP contribution is -2.25. The Balaban J connectivity index is 1.65. The maximum Gasteiger partial charge on any atom is 0.248 e. The third kappa shape index (κ3) is 6.94. The van der Waals surface area contributed by atoms with Crippen molar-refractivity contribution in [3.8, 4) is 0 Å². The van der Waals surface area contributed by atoms with Crippen LogP contribution in [0.2, 0.25) is 5.02 Å². The highest BCUT2D eigenvalue weighted by Gasteiger charge is 2.32. The maximum absolute atomic E-state index is 12.2. The van der Waals surface area contributed by atoms with Crippen molar-refractivity contribution >= 4 is 23.2 Å². The molecule has 2 aromatic rings. The molecular formula is C29H34ClN3O. The van der Waals surface area contributed by atoms with Gasteiger partial charge in [-0.1, -0.05) is 61.4 Å². The molecule has 178 valence electrons. The summed E-state index contributed by atoms with van der Waals surface area (Å²) < 4.78 is 2.21. The molecule has 3 rings (SSSR count). The first-order valence-electron chi connectivity index (χ1n) is 11.6. The summed E-state index contributed by atoms with van der Waals surface area (Å²) in [6.45, 7) is 10.9. The Kier molecular flexibility index (Phi) is 8.51. The highest BCUT2D eigenvalue weighted by atomic mass is 35.5. The molecule has 1 aromatic heterocycles. The predicted octanol–water partition coefficient (Wildman–Crippen LogP) is 7.86. The van der Waals surface area contributed by atoms with E-state index in [1.807, 2.05) is 31.6 Å². The fourth-order valence-corrected chi connectivity index (χ4v) is 4.46. The Morgan fingerprint density at radius 1 is 1.18 bits per heavy atom. The van der Waals surface area contributed by atoms with Crippen molar-refractivity contribution in [3.05, 3.63) is 107 Å². The summed E-state index contributed by atoms with van der Waals surface area (Å²) in [5.74, 6) is -0.167. The Hall–Kier alpha value is -3.11. The minimum Gasteiger partial charge on any atom is -0.330 e. The fraction of sp³-hybridized carbons (Fsp3) is 0.310. The number of aromatic nitrogens is 2. The molecular weight excluding hydrogens is 442 g/mol. The van der Waals surface area contributed by atoms with Crippen LogP contribution in [0, 0.1) is 5.41 Å². The van der Waals surface area contributed by atoms with Crippen molar-refractivity contribution in [1.82, 2.24) is 9.55 Å². The van der Waals surface area contributed by atoms with E-state index in [0.29, 0.717) is 16.8 Å². The molecule has 0 aliphatic heterocycles. The van der Waals surface area contributed by atoms with Gasteiger partial charge in [-0.3, -0.25) is 4.79 Å². The van der Waals surface area contributed by atoms with Crippen LogP contribution in [0.5, 0.6) is 0 Å². The number of imidazole rings is 1. The van der Waals surface area contributed by atoms with Crippen LogP contribution in [0.25, 0.3) is 0 Å². The molecule has 1 aliphatic carbocycles.